The molecule has 2 atom stereocenters. The van der Waals surface area contributed by atoms with Crippen molar-refractivity contribution in [2.75, 3.05) is 5.32 Å². The van der Waals surface area contributed by atoms with Gasteiger partial charge in [0.15, 0.2) is 0 Å². The van der Waals surface area contributed by atoms with E-state index >= 15 is 0 Å². The van der Waals surface area contributed by atoms with Crippen molar-refractivity contribution in [3.63, 3.8) is 0 Å². The summed E-state index contributed by atoms with van der Waals surface area (Å²) in [6.07, 6.45) is 4.55. The van der Waals surface area contributed by atoms with Crippen LogP contribution < -0.4 is 11.1 Å². The highest BCUT2D eigenvalue weighted by molar-refractivity contribution is 6.42. The van der Waals surface area contributed by atoms with Crippen LogP contribution in [0.2, 0.25) is 10.0 Å². The molecule has 6 heteroatoms. The number of halogens is 2. The van der Waals surface area contributed by atoms with E-state index in [9.17, 15) is 0 Å². The Bertz CT molecular complexity index is 921. The van der Waals surface area contributed by atoms with Gasteiger partial charge < -0.3 is 15.6 Å². The predicted octanol–water partition coefficient (Wildman–Crippen LogP) is 5.07. The van der Waals surface area contributed by atoms with E-state index in [1.165, 1.54) is 12.8 Å². The van der Waals surface area contributed by atoms with Crippen LogP contribution in [-0.4, -0.2) is 21.6 Å². The molecule has 1 fully saturated rings. The summed E-state index contributed by atoms with van der Waals surface area (Å²) in [7, 11) is 0. The lowest BCUT2D eigenvalue weighted by atomic mass is 9.91. The predicted molar refractivity (Wildman–Crippen MR) is 109 cm³/mol. The summed E-state index contributed by atoms with van der Waals surface area (Å²) in [5.41, 5.74) is 9.47. The fourth-order valence-corrected chi connectivity index (χ4v) is 3.99. The Hall–Kier alpha value is -1.75. The molecule has 136 valence electrons. The number of nitrogens with zero attached hydrogens (tertiary/aromatic N) is 2. The number of imidazole rings is 1. The minimum absolute atomic E-state index is 0.169. The molecular weight excluding hydrogens is 367 g/mol. The highest BCUT2D eigenvalue weighted by Gasteiger charge is 2.23. The summed E-state index contributed by atoms with van der Waals surface area (Å²) >= 11 is 12.3. The lowest BCUT2D eigenvalue weighted by Crippen LogP contribution is -2.43. The summed E-state index contributed by atoms with van der Waals surface area (Å²) in [5, 5.41) is 4.74. The summed E-state index contributed by atoms with van der Waals surface area (Å²) in [6.45, 7) is 0.668. The largest absolute Gasteiger partial charge is 0.351 e. The summed E-state index contributed by atoms with van der Waals surface area (Å²) < 4.78 is 2.19. The first-order chi connectivity index (χ1) is 12.6. The molecule has 1 saturated carbocycles. The third kappa shape index (κ3) is 3.54. The van der Waals surface area contributed by atoms with Crippen molar-refractivity contribution in [3.05, 3.63) is 58.1 Å². The van der Waals surface area contributed by atoms with Gasteiger partial charge in [0, 0.05) is 12.1 Å². The highest BCUT2D eigenvalue weighted by atomic mass is 35.5. The lowest BCUT2D eigenvalue weighted by molar-refractivity contribution is 0.401. The van der Waals surface area contributed by atoms with Crippen LogP contribution in [0.4, 0.5) is 5.95 Å². The van der Waals surface area contributed by atoms with E-state index in [-0.39, 0.29) is 12.1 Å². The number of rotatable bonds is 4. The quantitative estimate of drug-likeness (QED) is 0.655. The Morgan fingerprint density at radius 1 is 1.08 bits per heavy atom. The number of nitrogens with two attached hydrogens (primary N) is 1. The SMILES string of the molecule is N[C@H]1CCCC[C@@H]1Nc1nc2ccccc2n1Cc1ccc(Cl)c(Cl)c1. The maximum atomic E-state index is 6.33. The van der Waals surface area contributed by atoms with Crippen LogP contribution >= 0.6 is 23.2 Å². The minimum atomic E-state index is 0.169. The molecule has 4 rings (SSSR count). The molecule has 26 heavy (non-hydrogen) atoms. The summed E-state index contributed by atoms with van der Waals surface area (Å²) in [4.78, 5) is 4.81. The molecule has 1 aromatic heterocycles. The van der Waals surface area contributed by atoms with Crippen molar-refractivity contribution in [2.45, 2.75) is 44.3 Å². The van der Waals surface area contributed by atoms with E-state index in [1.807, 2.05) is 36.4 Å². The van der Waals surface area contributed by atoms with Crippen LogP contribution in [0.25, 0.3) is 11.0 Å². The smallest absolute Gasteiger partial charge is 0.204 e. The van der Waals surface area contributed by atoms with Crippen molar-refractivity contribution < 1.29 is 0 Å². The van der Waals surface area contributed by atoms with Gasteiger partial charge in [-0.05, 0) is 42.7 Å². The number of nitrogens with one attached hydrogen (secondary N) is 1. The molecule has 0 radical (unpaired) electrons. The molecule has 3 aromatic rings. The maximum Gasteiger partial charge on any atom is 0.204 e. The molecule has 0 bridgehead atoms. The topological polar surface area (TPSA) is 55.9 Å². The average Bonchev–Trinajstić information content (AvgIpc) is 2.98. The second-order valence-electron chi connectivity index (χ2n) is 6.96. The molecule has 2 aromatic carbocycles. The Balaban J connectivity index is 1.70. The zero-order chi connectivity index (χ0) is 18.1. The molecule has 0 amide bonds. The second-order valence-corrected chi connectivity index (χ2v) is 7.77. The summed E-state index contributed by atoms with van der Waals surface area (Å²) in [6, 6.07) is 14.3. The van der Waals surface area contributed by atoms with Gasteiger partial charge in [-0.3, -0.25) is 0 Å². The van der Waals surface area contributed by atoms with Crippen molar-refractivity contribution in [3.8, 4) is 0 Å². The number of hydrogen-bond donors (Lipinski definition) is 2. The highest BCUT2D eigenvalue weighted by Crippen LogP contribution is 2.27. The Morgan fingerprint density at radius 2 is 1.88 bits per heavy atom. The molecule has 4 nitrogen and oxygen atoms in total. The zero-order valence-corrected chi connectivity index (χ0v) is 16.0. The Morgan fingerprint density at radius 3 is 2.69 bits per heavy atom. The van der Waals surface area contributed by atoms with Crippen LogP contribution in [0.3, 0.4) is 0 Å². The van der Waals surface area contributed by atoms with Gasteiger partial charge in [-0.2, -0.15) is 0 Å². The molecule has 1 aliphatic rings. The fraction of sp³-hybridized carbons (Fsp3) is 0.350. The van der Waals surface area contributed by atoms with E-state index in [0.29, 0.717) is 16.6 Å². The molecule has 1 aliphatic carbocycles. The Labute approximate surface area is 163 Å². The number of para-hydroxylation sites is 2. The van der Waals surface area contributed by atoms with Crippen LogP contribution in [-0.2, 0) is 6.54 Å². The summed E-state index contributed by atoms with van der Waals surface area (Å²) in [5.74, 6) is 0.861. The molecule has 0 saturated heterocycles. The van der Waals surface area contributed by atoms with E-state index in [1.54, 1.807) is 0 Å². The van der Waals surface area contributed by atoms with Crippen molar-refractivity contribution in [2.24, 2.45) is 5.73 Å². The zero-order valence-electron chi connectivity index (χ0n) is 14.5. The van der Waals surface area contributed by atoms with Gasteiger partial charge in [-0.1, -0.05) is 54.2 Å². The molecule has 0 unspecified atom stereocenters. The number of fused-ring (bicyclic) bond motifs is 1. The van der Waals surface area contributed by atoms with E-state index in [4.69, 9.17) is 33.9 Å². The van der Waals surface area contributed by atoms with Gasteiger partial charge in [-0.25, -0.2) is 4.98 Å². The fourth-order valence-electron chi connectivity index (χ4n) is 3.67. The average molecular weight is 389 g/mol. The first-order valence-electron chi connectivity index (χ1n) is 9.03. The number of hydrogen-bond acceptors (Lipinski definition) is 3. The van der Waals surface area contributed by atoms with Gasteiger partial charge in [0.25, 0.3) is 0 Å². The van der Waals surface area contributed by atoms with Crippen molar-refractivity contribution in [1.82, 2.24) is 9.55 Å². The second kappa shape index (κ2) is 7.47. The van der Waals surface area contributed by atoms with Crippen molar-refractivity contribution >= 4 is 40.2 Å². The number of anilines is 1. The lowest BCUT2D eigenvalue weighted by Gasteiger charge is -2.29. The normalized spacial score (nSPS) is 20.4. The first kappa shape index (κ1) is 17.7. The van der Waals surface area contributed by atoms with Crippen LogP contribution in [0.5, 0.6) is 0 Å². The third-order valence-corrected chi connectivity index (χ3v) is 5.85. The standard InChI is InChI=1S/C20H22Cl2N4/c21-14-10-9-13(11-15(14)22)12-26-19-8-4-3-7-18(19)25-20(26)24-17-6-2-1-5-16(17)23/h3-4,7-11,16-17H,1-2,5-6,12,23H2,(H,24,25)/t16-,17-/m0/s1. The van der Waals surface area contributed by atoms with Crippen molar-refractivity contribution in [1.29, 1.82) is 0 Å². The van der Waals surface area contributed by atoms with Gasteiger partial charge >= 0.3 is 0 Å². The monoisotopic (exact) mass is 388 g/mol. The number of aromatic nitrogens is 2. The Kier molecular flexibility index (Phi) is 5.07. The van der Waals surface area contributed by atoms with Gasteiger partial charge in [0.05, 0.1) is 27.6 Å². The van der Waals surface area contributed by atoms with Crippen LogP contribution in [0.1, 0.15) is 31.2 Å². The number of benzene rings is 2. The molecular formula is C20H22Cl2N4. The minimum Gasteiger partial charge on any atom is -0.351 e. The van der Waals surface area contributed by atoms with Gasteiger partial charge in [0.1, 0.15) is 0 Å². The van der Waals surface area contributed by atoms with E-state index < -0.39 is 0 Å². The molecule has 1 heterocycles. The molecule has 0 spiro atoms. The van der Waals surface area contributed by atoms with Crippen LogP contribution in [0.15, 0.2) is 42.5 Å². The van der Waals surface area contributed by atoms with E-state index in [2.05, 4.69) is 16.0 Å². The van der Waals surface area contributed by atoms with Gasteiger partial charge in [-0.15, -0.1) is 0 Å². The maximum absolute atomic E-state index is 6.33. The molecule has 0 aliphatic heterocycles. The molecule has 3 N–H and O–H groups in total. The van der Waals surface area contributed by atoms with Gasteiger partial charge in [0.2, 0.25) is 5.95 Å². The third-order valence-electron chi connectivity index (χ3n) is 5.11. The van der Waals surface area contributed by atoms with Crippen LogP contribution in [0, 0.1) is 0 Å². The van der Waals surface area contributed by atoms with E-state index in [0.717, 1.165) is 35.4 Å². The first-order valence-corrected chi connectivity index (χ1v) is 9.79.